The van der Waals surface area contributed by atoms with Crippen LogP contribution in [-0.2, 0) is 9.53 Å². The van der Waals surface area contributed by atoms with Gasteiger partial charge in [0.25, 0.3) is 0 Å². The lowest BCUT2D eigenvalue weighted by Crippen LogP contribution is -2.41. The smallest absolute Gasteiger partial charge is 0.429 e. The predicted octanol–water partition coefficient (Wildman–Crippen LogP) is 6.23. The third kappa shape index (κ3) is 6.68. The Morgan fingerprint density at radius 2 is 1.81 bits per heavy atom. The van der Waals surface area contributed by atoms with Crippen LogP contribution < -0.4 is 20.7 Å². The zero-order valence-corrected chi connectivity index (χ0v) is 24.3. The lowest BCUT2D eigenvalue weighted by atomic mass is 9.76. The molecule has 2 atom stereocenters. The Morgan fingerprint density at radius 3 is 2.48 bits per heavy atom. The number of rotatable bonds is 7. The highest BCUT2D eigenvalue weighted by Crippen LogP contribution is 2.43. The van der Waals surface area contributed by atoms with Gasteiger partial charge in [0.15, 0.2) is 0 Å². The number of piperidine rings is 1. The Balaban J connectivity index is 1.37. The monoisotopic (exact) mass is 623 g/mol. The molecule has 8 nitrogen and oxygen atoms in total. The molecule has 2 aromatic carbocycles. The number of carbonyl (C=O) groups is 1. The Kier molecular flexibility index (Phi) is 8.73. The number of alkyl halides is 3. The zero-order valence-electron chi connectivity index (χ0n) is 22.8. The molecule has 13 heteroatoms. The number of nitrogens with zero attached hydrogens (tertiary/aromatic N) is 3. The van der Waals surface area contributed by atoms with E-state index >= 15 is 0 Å². The second-order valence-electron chi connectivity index (χ2n) is 10.6. The summed E-state index contributed by atoms with van der Waals surface area (Å²) in [6.07, 6.45) is -4.97. The third-order valence-corrected chi connectivity index (χ3v) is 8.26. The first-order chi connectivity index (χ1) is 20.0. The Hall–Kier alpha value is -3.28. The Morgan fingerprint density at radius 1 is 1.12 bits per heavy atom. The van der Waals surface area contributed by atoms with E-state index in [4.69, 9.17) is 38.4 Å². The van der Waals surface area contributed by atoms with Crippen LogP contribution in [0.1, 0.15) is 37.9 Å². The van der Waals surface area contributed by atoms with Gasteiger partial charge in [0.2, 0.25) is 17.9 Å². The molecule has 3 aromatic rings. The van der Waals surface area contributed by atoms with Crippen molar-refractivity contribution in [1.82, 2.24) is 15.3 Å². The van der Waals surface area contributed by atoms with Gasteiger partial charge in [-0.2, -0.15) is 23.1 Å². The van der Waals surface area contributed by atoms with E-state index in [2.05, 4.69) is 15.3 Å². The van der Waals surface area contributed by atoms with Crippen LogP contribution in [0.4, 0.5) is 24.9 Å². The summed E-state index contributed by atoms with van der Waals surface area (Å²) in [5, 5.41) is 3.98. The number of anilines is 2. The second-order valence-corrected chi connectivity index (χ2v) is 11.5. The standard InChI is InChI=1S/C29H30Cl2F3N5O3/c1-2-41-26(40)22-15-28(16-36-22)9-11-39(12-10-28)23-14-24(38-27(35)37-23)42-25(29(32,33)34)20-8-7-19(31)13-21(20)17-3-5-18(30)6-4-17/h3-8,13-14,22,25,36H,2,9-12,15-16H2,1H3,(H2,35,37,38)/t22?,25-/m1/s1. The van der Waals surface area contributed by atoms with E-state index in [0.717, 1.165) is 12.8 Å². The maximum absolute atomic E-state index is 14.5. The number of ether oxygens (including phenoxy) is 2. The van der Waals surface area contributed by atoms with Gasteiger partial charge >= 0.3 is 12.1 Å². The van der Waals surface area contributed by atoms with Gasteiger partial charge in [-0.05, 0) is 67.0 Å². The largest absolute Gasteiger partial charge is 0.465 e. The molecule has 2 aliphatic heterocycles. The van der Waals surface area contributed by atoms with Crippen molar-refractivity contribution in [1.29, 1.82) is 0 Å². The number of benzene rings is 2. The number of hydrogen-bond donors (Lipinski definition) is 2. The number of hydrogen-bond acceptors (Lipinski definition) is 8. The number of nitrogen functional groups attached to an aromatic ring is 1. The first-order valence-corrected chi connectivity index (χ1v) is 14.3. The fourth-order valence-corrected chi connectivity index (χ4v) is 5.93. The SMILES string of the molecule is CCOC(=O)C1CC2(CCN(c3cc(O[C@H](c4ccc(Cl)cc4-c4ccc(Cl)cc4)C(F)(F)F)nc(N)n3)CC2)CN1. The van der Waals surface area contributed by atoms with Crippen molar-refractivity contribution in [3.63, 3.8) is 0 Å². The van der Waals surface area contributed by atoms with Crippen LogP contribution in [0.3, 0.4) is 0 Å². The fraction of sp³-hybridized carbons (Fsp3) is 0.414. The predicted molar refractivity (Wildman–Crippen MR) is 155 cm³/mol. The van der Waals surface area contributed by atoms with Crippen molar-refractivity contribution < 1.29 is 27.4 Å². The summed E-state index contributed by atoms with van der Waals surface area (Å²) in [5.41, 5.74) is 6.47. The van der Waals surface area contributed by atoms with Crippen molar-refractivity contribution in [2.24, 2.45) is 5.41 Å². The molecule has 5 rings (SSSR count). The minimum atomic E-state index is -4.79. The number of esters is 1. The average Bonchev–Trinajstić information content (AvgIpc) is 3.35. The van der Waals surface area contributed by atoms with E-state index in [1.54, 1.807) is 31.2 Å². The molecule has 1 unspecified atom stereocenters. The summed E-state index contributed by atoms with van der Waals surface area (Å²) < 4.78 is 54.2. The summed E-state index contributed by atoms with van der Waals surface area (Å²) in [7, 11) is 0. The van der Waals surface area contributed by atoms with E-state index in [9.17, 15) is 18.0 Å². The van der Waals surface area contributed by atoms with Crippen LogP contribution in [-0.4, -0.2) is 54.4 Å². The molecule has 42 heavy (non-hydrogen) atoms. The van der Waals surface area contributed by atoms with Crippen molar-refractivity contribution >= 4 is 40.9 Å². The fourth-order valence-electron chi connectivity index (χ4n) is 5.63. The zero-order chi connectivity index (χ0) is 30.1. The lowest BCUT2D eigenvalue weighted by Gasteiger charge is -2.39. The van der Waals surface area contributed by atoms with E-state index in [1.807, 2.05) is 4.90 Å². The summed E-state index contributed by atoms with van der Waals surface area (Å²) >= 11 is 12.2. The Bertz CT molecular complexity index is 1430. The molecule has 0 bridgehead atoms. The summed E-state index contributed by atoms with van der Waals surface area (Å²) in [6, 6.07) is 11.6. The minimum absolute atomic E-state index is 0.0696. The van der Waals surface area contributed by atoms with Crippen LogP contribution >= 0.6 is 23.2 Å². The average molecular weight is 624 g/mol. The molecule has 3 heterocycles. The molecule has 0 aliphatic carbocycles. The van der Waals surface area contributed by atoms with Crippen LogP contribution in [0.15, 0.2) is 48.5 Å². The van der Waals surface area contributed by atoms with Gasteiger partial charge in [0, 0.05) is 41.3 Å². The van der Waals surface area contributed by atoms with Crippen molar-refractivity contribution in [2.45, 2.75) is 44.5 Å². The van der Waals surface area contributed by atoms with Gasteiger partial charge in [0.05, 0.1) is 6.61 Å². The molecule has 2 fully saturated rings. The summed E-state index contributed by atoms with van der Waals surface area (Å²) in [4.78, 5) is 22.4. The van der Waals surface area contributed by atoms with Crippen LogP contribution in [0.5, 0.6) is 5.88 Å². The minimum Gasteiger partial charge on any atom is -0.465 e. The maximum atomic E-state index is 14.5. The first-order valence-electron chi connectivity index (χ1n) is 13.5. The number of nitrogens with two attached hydrogens (primary N) is 1. The quantitative estimate of drug-likeness (QED) is 0.299. The number of carbonyl (C=O) groups excluding carboxylic acids is 1. The number of halogens is 5. The van der Waals surface area contributed by atoms with Gasteiger partial charge in [-0.25, -0.2) is 0 Å². The Labute approximate surface area is 251 Å². The van der Waals surface area contributed by atoms with Gasteiger partial charge in [-0.3, -0.25) is 4.79 Å². The van der Waals surface area contributed by atoms with Crippen LogP contribution in [0, 0.1) is 5.41 Å². The molecule has 0 saturated carbocycles. The number of nitrogens with one attached hydrogen (secondary N) is 1. The van der Waals surface area contributed by atoms with Crippen molar-refractivity contribution in [3.8, 4) is 17.0 Å². The summed E-state index contributed by atoms with van der Waals surface area (Å²) in [5.74, 6) is -0.388. The van der Waals surface area contributed by atoms with E-state index in [1.165, 1.54) is 24.3 Å². The first kappa shape index (κ1) is 30.2. The highest BCUT2D eigenvalue weighted by Gasteiger charge is 2.46. The molecular weight excluding hydrogens is 594 g/mol. The molecule has 3 N–H and O–H groups in total. The topological polar surface area (TPSA) is 103 Å². The van der Waals surface area contributed by atoms with E-state index in [0.29, 0.717) is 49.1 Å². The molecule has 224 valence electrons. The van der Waals surface area contributed by atoms with Gasteiger partial charge in [-0.1, -0.05) is 41.4 Å². The molecule has 2 aliphatic rings. The van der Waals surface area contributed by atoms with Crippen molar-refractivity contribution in [2.75, 3.05) is 36.9 Å². The lowest BCUT2D eigenvalue weighted by molar-refractivity contribution is -0.198. The maximum Gasteiger partial charge on any atom is 0.429 e. The van der Waals surface area contributed by atoms with Crippen molar-refractivity contribution in [3.05, 3.63) is 64.1 Å². The molecule has 0 radical (unpaired) electrons. The highest BCUT2D eigenvalue weighted by molar-refractivity contribution is 6.31. The number of aromatic nitrogens is 2. The molecule has 1 aromatic heterocycles. The normalized spacial score (nSPS) is 19.1. The second kappa shape index (κ2) is 12.1. The molecular formula is C29H30Cl2F3N5O3. The highest BCUT2D eigenvalue weighted by atomic mass is 35.5. The van der Waals surface area contributed by atoms with E-state index < -0.39 is 12.3 Å². The molecule has 2 saturated heterocycles. The van der Waals surface area contributed by atoms with E-state index in [-0.39, 0.29) is 45.4 Å². The van der Waals surface area contributed by atoms with Gasteiger partial charge in [0.1, 0.15) is 11.9 Å². The van der Waals surface area contributed by atoms with Gasteiger partial charge < -0.3 is 25.4 Å². The molecule has 0 amide bonds. The van der Waals surface area contributed by atoms with Gasteiger partial charge in [-0.15, -0.1) is 0 Å². The van der Waals surface area contributed by atoms with Crippen LogP contribution in [0.2, 0.25) is 10.0 Å². The third-order valence-electron chi connectivity index (χ3n) is 7.78. The summed E-state index contributed by atoms with van der Waals surface area (Å²) in [6.45, 7) is 3.95. The van der Waals surface area contributed by atoms with Crippen LogP contribution in [0.25, 0.3) is 11.1 Å². The molecule has 1 spiro atoms.